The van der Waals surface area contributed by atoms with E-state index in [4.69, 9.17) is 25.9 Å². The summed E-state index contributed by atoms with van der Waals surface area (Å²) >= 11 is 5.54. The Balaban J connectivity index is 1.89. The molecule has 2 aromatic carbocycles. The van der Waals surface area contributed by atoms with Crippen LogP contribution in [0.1, 0.15) is 5.56 Å². The molecule has 0 spiro atoms. The molecule has 0 bridgehead atoms. The predicted molar refractivity (Wildman–Crippen MR) is 101 cm³/mol. The van der Waals surface area contributed by atoms with Crippen molar-refractivity contribution in [3.8, 4) is 11.5 Å². The third-order valence-corrected chi connectivity index (χ3v) is 5.68. The van der Waals surface area contributed by atoms with Gasteiger partial charge in [-0.2, -0.15) is 8.42 Å². The highest BCUT2D eigenvalue weighted by molar-refractivity contribution is 7.87. The van der Waals surface area contributed by atoms with Gasteiger partial charge in [0.2, 0.25) is 0 Å². The Morgan fingerprint density at radius 3 is 2.42 bits per heavy atom. The molecule has 0 amide bonds. The third-order valence-electron chi connectivity index (χ3n) is 3.94. The largest absolute Gasteiger partial charge is 0.493 e. The Morgan fingerprint density at radius 1 is 1.08 bits per heavy atom. The van der Waals surface area contributed by atoms with Gasteiger partial charge in [-0.25, -0.2) is 0 Å². The lowest BCUT2D eigenvalue weighted by Gasteiger charge is -2.29. The molecule has 1 saturated heterocycles. The second-order valence-electron chi connectivity index (χ2n) is 5.62. The van der Waals surface area contributed by atoms with Crippen LogP contribution in [0.2, 0.25) is 0 Å². The van der Waals surface area contributed by atoms with Crippen LogP contribution in [-0.2, 0) is 14.9 Å². The van der Waals surface area contributed by atoms with Crippen molar-refractivity contribution in [3.63, 3.8) is 0 Å². The van der Waals surface area contributed by atoms with Crippen LogP contribution in [0.5, 0.6) is 11.5 Å². The van der Waals surface area contributed by atoms with Gasteiger partial charge in [-0.3, -0.25) is 0 Å². The van der Waals surface area contributed by atoms with Crippen LogP contribution < -0.4 is 8.92 Å². The molecule has 1 heterocycles. The number of morpholine rings is 1. The standard InChI is InChI=1S/C18H19NO5S2/c1-22-16-8-7-14(18(25)19-9-11-23-12-10-19)13-17(16)24-26(20,21)15-5-3-2-4-6-15/h2-8,13H,9-12H2,1H3. The zero-order chi connectivity index (χ0) is 18.6. The molecule has 1 aliphatic rings. The summed E-state index contributed by atoms with van der Waals surface area (Å²) in [6.45, 7) is 2.62. The Morgan fingerprint density at radius 2 is 1.77 bits per heavy atom. The van der Waals surface area contributed by atoms with Crippen molar-refractivity contribution in [2.75, 3.05) is 33.4 Å². The molecule has 0 aromatic heterocycles. The minimum Gasteiger partial charge on any atom is -0.493 e. The number of ether oxygens (including phenoxy) is 2. The lowest BCUT2D eigenvalue weighted by molar-refractivity contribution is 0.0693. The van der Waals surface area contributed by atoms with Crippen LogP contribution in [0, 0.1) is 0 Å². The first-order chi connectivity index (χ1) is 12.5. The van der Waals surface area contributed by atoms with Crippen LogP contribution in [-0.4, -0.2) is 51.7 Å². The van der Waals surface area contributed by atoms with Crippen molar-refractivity contribution in [1.29, 1.82) is 0 Å². The van der Waals surface area contributed by atoms with Gasteiger partial charge in [0, 0.05) is 18.7 Å². The highest BCUT2D eigenvalue weighted by Gasteiger charge is 2.21. The maximum Gasteiger partial charge on any atom is 0.339 e. The molecule has 1 aliphatic heterocycles. The first kappa shape index (κ1) is 18.6. The van der Waals surface area contributed by atoms with Gasteiger partial charge in [-0.15, -0.1) is 0 Å². The monoisotopic (exact) mass is 393 g/mol. The molecular weight excluding hydrogens is 374 g/mol. The Kier molecular flexibility index (Phi) is 5.75. The van der Waals surface area contributed by atoms with E-state index in [1.54, 1.807) is 36.4 Å². The van der Waals surface area contributed by atoms with E-state index in [1.165, 1.54) is 19.2 Å². The molecule has 3 rings (SSSR count). The number of thiocarbonyl (C=S) groups is 1. The van der Waals surface area contributed by atoms with Gasteiger partial charge in [0.1, 0.15) is 9.88 Å². The first-order valence-electron chi connectivity index (χ1n) is 8.06. The van der Waals surface area contributed by atoms with E-state index < -0.39 is 10.1 Å². The van der Waals surface area contributed by atoms with Gasteiger partial charge in [-0.05, 0) is 30.3 Å². The average molecular weight is 393 g/mol. The fraction of sp³-hybridized carbons (Fsp3) is 0.278. The van der Waals surface area contributed by atoms with Crippen LogP contribution in [0.4, 0.5) is 0 Å². The molecule has 8 heteroatoms. The first-order valence-corrected chi connectivity index (χ1v) is 9.87. The summed E-state index contributed by atoms with van der Waals surface area (Å²) in [5, 5.41) is 0. The lowest BCUT2D eigenvalue weighted by atomic mass is 10.2. The fourth-order valence-corrected chi connectivity index (χ4v) is 3.84. The molecule has 0 saturated carbocycles. The van der Waals surface area contributed by atoms with E-state index in [1.807, 2.05) is 4.90 Å². The summed E-state index contributed by atoms with van der Waals surface area (Å²) in [7, 11) is -2.51. The lowest BCUT2D eigenvalue weighted by Crippen LogP contribution is -2.40. The number of hydrogen-bond acceptors (Lipinski definition) is 6. The van der Waals surface area contributed by atoms with E-state index >= 15 is 0 Å². The zero-order valence-electron chi connectivity index (χ0n) is 14.3. The molecule has 0 aliphatic carbocycles. The van der Waals surface area contributed by atoms with E-state index in [9.17, 15) is 8.42 Å². The second kappa shape index (κ2) is 8.03. The van der Waals surface area contributed by atoms with E-state index in [2.05, 4.69) is 0 Å². The van der Waals surface area contributed by atoms with Crippen LogP contribution in [0.15, 0.2) is 53.4 Å². The van der Waals surface area contributed by atoms with Crippen molar-refractivity contribution in [2.24, 2.45) is 0 Å². The van der Waals surface area contributed by atoms with Gasteiger partial charge >= 0.3 is 10.1 Å². The van der Waals surface area contributed by atoms with Crippen molar-refractivity contribution in [1.82, 2.24) is 4.90 Å². The smallest absolute Gasteiger partial charge is 0.339 e. The summed E-state index contributed by atoms with van der Waals surface area (Å²) in [6, 6.07) is 13.0. The summed E-state index contributed by atoms with van der Waals surface area (Å²) in [5.74, 6) is 0.419. The van der Waals surface area contributed by atoms with Gasteiger partial charge in [0.15, 0.2) is 11.5 Å². The Labute approximate surface area is 158 Å². The normalized spacial score (nSPS) is 14.7. The van der Waals surface area contributed by atoms with E-state index in [-0.39, 0.29) is 10.6 Å². The molecule has 6 nitrogen and oxygen atoms in total. The minimum absolute atomic E-state index is 0.0724. The zero-order valence-corrected chi connectivity index (χ0v) is 15.9. The fourth-order valence-electron chi connectivity index (χ4n) is 2.58. The summed E-state index contributed by atoms with van der Waals surface area (Å²) < 4.78 is 40.9. The number of methoxy groups -OCH3 is 1. The summed E-state index contributed by atoms with van der Waals surface area (Å²) in [5.41, 5.74) is 0.695. The van der Waals surface area contributed by atoms with E-state index in [0.717, 1.165) is 0 Å². The van der Waals surface area contributed by atoms with Crippen LogP contribution in [0.3, 0.4) is 0 Å². The highest BCUT2D eigenvalue weighted by atomic mass is 32.2. The topological polar surface area (TPSA) is 65.1 Å². The van der Waals surface area contributed by atoms with Crippen LogP contribution >= 0.6 is 12.2 Å². The van der Waals surface area contributed by atoms with Gasteiger partial charge in [0.25, 0.3) is 0 Å². The van der Waals surface area contributed by atoms with Gasteiger partial charge in [-0.1, -0.05) is 30.4 Å². The highest BCUT2D eigenvalue weighted by Crippen LogP contribution is 2.31. The van der Waals surface area contributed by atoms with Crippen molar-refractivity contribution in [2.45, 2.75) is 4.90 Å². The summed E-state index contributed by atoms with van der Waals surface area (Å²) in [6.07, 6.45) is 0. The summed E-state index contributed by atoms with van der Waals surface area (Å²) in [4.78, 5) is 2.72. The average Bonchev–Trinajstić information content (AvgIpc) is 2.68. The number of nitrogens with zero attached hydrogens (tertiary/aromatic N) is 1. The molecule has 0 atom stereocenters. The van der Waals surface area contributed by atoms with Gasteiger partial charge < -0.3 is 18.6 Å². The maximum absolute atomic E-state index is 12.5. The molecule has 0 unspecified atom stereocenters. The Hall–Kier alpha value is -2.16. The van der Waals surface area contributed by atoms with Crippen molar-refractivity contribution >= 4 is 27.3 Å². The molecule has 138 valence electrons. The maximum atomic E-state index is 12.5. The van der Waals surface area contributed by atoms with E-state index in [0.29, 0.717) is 42.6 Å². The second-order valence-corrected chi connectivity index (χ2v) is 7.55. The molecule has 2 aromatic rings. The van der Waals surface area contributed by atoms with Gasteiger partial charge in [0.05, 0.1) is 20.3 Å². The molecule has 26 heavy (non-hydrogen) atoms. The Bertz CT molecular complexity index is 878. The third kappa shape index (κ3) is 4.14. The SMILES string of the molecule is COc1ccc(C(=S)N2CCOCC2)cc1OS(=O)(=O)c1ccccc1. The number of benzene rings is 2. The van der Waals surface area contributed by atoms with Crippen LogP contribution in [0.25, 0.3) is 0 Å². The predicted octanol–water partition coefficient (Wildman–Crippen LogP) is 2.47. The quantitative estimate of drug-likeness (QED) is 0.571. The minimum atomic E-state index is -3.97. The molecular formula is C18H19NO5S2. The molecule has 0 N–H and O–H groups in total. The van der Waals surface area contributed by atoms with Crippen molar-refractivity contribution < 1.29 is 22.1 Å². The number of rotatable bonds is 5. The van der Waals surface area contributed by atoms with Crippen molar-refractivity contribution in [3.05, 3.63) is 54.1 Å². The molecule has 1 fully saturated rings. The number of hydrogen-bond donors (Lipinski definition) is 0. The molecule has 0 radical (unpaired) electrons.